The van der Waals surface area contributed by atoms with Gasteiger partial charge in [-0.2, -0.15) is 0 Å². The van der Waals surface area contributed by atoms with E-state index in [0.717, 1.165) is 22.0 Å². The van der Waals surface area contributed by atoms with E-state index >= 15 is 0 Å². The normalized spacial score (nSPS) is 10.4. The quantitative estimate of drug-likeness (QED) is 0.803. The molecule has 0 unspecified atom stereocenters. The first-order valence-electron chi connectivity index (χ1n) is 6.94. The zero-order valence-electron chi connectivity index (χ0n) is 12.1. The van der Waals surface area contributed by atoms with Gasteiger partial charge in [0.15, 0.2) is 0 Å². The van der Waals surface area contributed by atoms with Crippen LogP contribution in [0.3, 0.4) is 0 Å². The molecule has 2 heterocycles. The van der Waals surface area contributed by atoms with Crippen molar-refractivity contribution in [1.82, 2.24) is 15.3 Å². The lowest BCUT2D eigenvalue weighted by Gasteiger charge is -2.03. The summed E-state index contributed by atoms with van der Waals surface area (Å²) in [7, 11) is 0. The fourth-order valence-electron chi connectivity index (χ4n) is 2.05. The average Bonchev–Trinajstić information content (AvgIpc) is 3.04. The largest absolute Gasteiger partial charge is 0.345 e. The predicted molar refractivity (Wildman–Crippen MR) is 87.7 cm³/mol. The topological polar surface area (TPSA) is 54.9 Å². The fraction of sp³-hybridized carbons (Fsp3) is 0.118. The molecule has 0 aliphatic rings. The average molecular weight is 309 g/mol. The molecule has 0 fully saturated rings. The van der Waals surface area contributed by atoms with E-state index in [0.29, 0.717) is 12.2 Å². The van der Waals surface area contributed by atoms with Gasteiger partial charge in [-0.1, -0.05) is 36.4 Å². The van der Waals surface area contributed by atoms with Crippen molar-refractivity contribution in [3.8, 4) is 10.6 Å². The summed E-state index contributed by atoms with van der Waals surface area (Å²) in [5.41, 5.74) is 3.24. The Morgan fingerprint density at radius 3 is 2.68 bits per heavy atom. The van der Waals surface area contributed by atoms with E-state index in [1.54, 1.807) is 5.38 Å². The van der Waals surface area contributed by atoms with E-state index in [2.05, 4.69) is 15.3 Å². The number of rotatable bonds is 4. The molecule has 110 valence electrons. The lowest BCUT2D eigenvalue weighted by molar-refractivity contribution is 0.0946. The highest BCUT2D eigenvalue weighted by Crippen LogP contribution is 2.23. The third-order valence-corrected chi connectivity index (χ3v) is 4.02. The van der Waals surface area contributed by atoms with Crippen LogP contribution in [0, 0.1) is 6.92 Å². The Morgan fingerprint density at radius 2 is 1.91 bits per heavy atom. The minimum atomic E-state index is -0.179. The minimum absolute atomic E-state index is 0.179. The molecule has 3 rings (SSSR count). The van der Waals surface area contributed by atoms with Gasteiger partial charge in [-0.05, 0) is 19.1 Å². The Balaban J connectivity index is 1.67. The van der Waals surface area contributed by atoms with Gasteiger partial charge in [0, 0.05) is 16.6 Å². The second-order valence-corrected chi connectivity index (χ2v) is 5.72. The number of benzene rings is 1. The SMILES string of the molecule is Cc1cccc(CNC(=O)c2csc(-c3ccccc3)n2)n1. The van der Waals surface area contributed by atoms with Gasteiger partial charge in [0.1, 0.15) is 10.7 Å². The second-order valence-electron chi connectivity index (χ2n) is 4.86. The van der Waals surface area contributed by atoms with Crippen molar-refractivity contribution in [2.24, 2.45) is 0 Å². The molecule has 5 heteroatoms. The predicted octanol–water partition coefficient (Wildman–Crippen LogP) is 3.44. The monoisotopic (exact) mass is 309 g/mol. The molecule has 0 radical (unpaired) electrons. The van der Waals surface area contributed by atoms with Crippen LogP contribution in [-0.2, 0) is 6.54 Å². The number of amides is 1. The lowest BCUT2D eigenvalue weighted by Crippen LogP contribution is -2.23. The Labute approximate surface area is 132 Å². The molecule has 0 bridgehead atoms. The van der Waals surface area contributed by atoms with Crippen LogP contribution in [0.2, 0.25) is 0 Å². The first kappa shape index (κ1) is 14.4. The molecule has 0 aliphatic carbocycles. The zero-order valence-corrected chi connectivity index (χ0v) is 12.9. The van der Waals surface area contributed by atoms with Gasteiger partial charge in [-0.3, -0.25) is 9.78 Å². The molecule has 1 amide bonds. The fourth-order valence-corrected chi connectivity index (χ4v) is 2.86. The molecular formula is C17H15N3OS. The number of hydrogen-bond acceptors (Lipinski definition) is 4. The van der Waals surface area contributed by atoms with Crippen LogP contribution in [-0.4, -0.2) is 15.9 Å². The van der Waals surface area contributed by atoms with Crippen LogP contribution in [0.4, 0.5) is 0 Å². The molecule has 0 aliphatic heterocycles. The summed E-state index contributed by atoms with van der Waals surface area (Å²) in [5, 5.41) is 5.48. The van der Waals surface area contributed by atoms with Gasteiger partial charge in [-0.25, -0.2) is 4.98 Å². The Morgan fingerprint density at radius 1 is 1.09 bits per heavy atom. The number of nitrogens with zero attached hydrogens (tertiary/aromatic N) is 2. The minimum Gasteiger partial charge on any atom is -0.345 e. The number of hydrogen-bond donors (Lipinski definition) is 1. The van der Waals surface area contributed by atoms with Crippen LogP contribution in [0.25, 0.3) is 10.6 Å². The number of carbonyl (C=O) groups is 1. The van der Waals surface area contributed by atoms with E-state index in [1.807, 2.05) is 55.5 Å². The van der Waals surface area contributed by atoms with Crippen molar-refractivity contribution in [3.05, 3.63) is 71.0 Å². The smallest absolute Gasteiger partial charge is 0.271 e. The molecule has 3 aromatic rings. The third kappa shape index (κ3) is 3.38. The van der Waals surface area contributed by atoms with Gasteiger partial charge in [0.05, 0.1) is 12.2 Å². The van der Waals surface area contributed by atoms with E-state index in [1.165, 1.54) is 11.3 Å². The Hall–Kier alpha value is -2.53. The maximum atomic E-state index is 12.2. The maximum absolute atomic E-state index is 12.2. The molecule has 2 aromatic heterocycles. The first-order valence-corrected chi connectivity index (χ1v) is 7.82. The zero-order chi connectivity index (χ0) is 15.4. The number of pyridine rings is 1. The Bertz CT molecular complexity index is 783. The maximum Gasteiger partial charge on any atom is 0.271 e. The highest BCUT2D eigenvalue weighted by atomic mass is 32.1. The van der Waals surface area contributed by atoms with Gasteiger partial charge < -0.3 is 5.32 Å². The Kier molecular flexibility index (Phi) is 4.25. The van der Waals surface area contributed by atoms with E-state index in [9.17, 15) is 4.79 Å². The van der Waals surface area contributed by atoms with E-state index in [-0.39, 0.29) is 5.91 Å². The van der Waals surface area contributed by atoms with Gasteiger partial charge >= 0.3 is 0 Å². The van der Waals surface area contributed by atoms with Crippen molar-refractivity contribution in [2.45, 2.75) is 13.5 Å². The molecule has 22 heavy (non-hydrogen) atoms. The third-order valence-electron chi connectivity index (χ3n) is 3.13. The lowest BCUT2D eigenvalue weighted by atomic mass is 10.2. The summed E-state index contributed by atoms with van der Waals surface area (Å²) in [6.45, 7) is 2.33. The summed E-state index contributed by atoms with van der Waals surface area (Å²) in [5.74, 6) is -0.179. The van der Waals surface area contributed by atoms with Crippen molar-refractivity contribution in [3.63, 3.8) is 0 Å². The number of nitrogens with one attached hydrogen (secondary N) is 1. The first-order chi connectivity index (χ1) is 10.7. The molecule has 1 N–H and O–H groups in total. The molecule has 0 saturated carbocycles. The molecular weight excluding hydrogens is 294 g/mol. The molecule has 4 nitrogen and oxygen atoms in total. The van der Waals surface area contributed by atoms with Crippen molar-refractivity contribution in [2.75, 3.05) is 0 Å². The van der Waals surface area contributed by atoms with Crippen LogP contribution in [0.1, 0.15) is 21.9 Å². The summed E-state index contributed by atoms with van der Waals surface area (Å²) < 4.78 is 0. The van der Waals surface area contributed by atoms with Gasteiger partial charge in [0.2, 0.25) is 0 Å². The number of aryl methyl sites for hydroxylation is 1. The van der Waals surface area contributed by atoms with Crippen LogP contribution in [0.15, 0.2) is 53.9 Å². The summed E-state index contributed by atoms with van der Waals surface area (Å²) >= 11 is 1.47. The highest BCUT2D eigenvalue weighted by Gasteiger charge is 2.11. The van der Waals surface area contributed by atoms with Crippen LogP contribution >= 0.6 is 11.3 Å². The molecule has 0 saturated heterocycles. The molecule has 0 atom stereocenters. The van der Waals surface area contributed by atoms with Gasteiger partial charge in [0.25, 0.3) is 5.91 Å². The van der Waals surface area contributed by atoms with Gasteiger partial charge in [-0.15, -0.1) is 11.3 Å². The summed E-state index contributed by atoms with van der Waals surface area (Å²) in [4.78, 5) is 20.9. The van der Waals surface area contributed by atoms with Crippen molar-refractivity contribution < 1.29 is 4.79 Å². The highest BCUT2D eigenvalue weighted by molar-refractivity contribution is 7.13. The van der Waals surface area contributed by atoms with Crippen molar-refractivity contribution >= 4 is 17.2 Å². The summed E-state index contributed by atoms with van der Waals surface area (Å²) in [6, 6.07) is 15.6. The molecule has 0 spiro atoms. The summed E-state index contributed by atoms with van der Waals surface area (Å²) in [6.07, 6.45) is 0. The van der Waals surface area contributed by atoms with E-state index in [4.69, 9.17) is 0 Å². The standard InChI is InChI=1S/C17H15N3OS/c1-12-6-5-9-14(19-12)10-18-16(21)15-11-22-17(20-15)13-7-3-2-4-8-13/h2-9,11H,10H2,1H3,(H,18,21). The number of carbonyl (C=O) groups excluding carboxylic acids is 1. The second kappa shape index (κ2) is 6.49. The number of aromatic nitrogens is 2. The van der Waals surface area contributed by atoms with Crippen LogP contribution in [0.5, 0.6) is 0 Å². The van der Waals surface area contributed by atoms with Crippen molar-refractivity contribution in [1.29, 1.82) is 0 Å². The van der Waals surface area contributed by atoms with E-state index < -0.39 is 0 Å². The molecule has 1 aromatic carbocycles. The van der Waals surface area contributed by atoms with Crippen LogP contribution < -0.4 is 5.32 Å². The number of thiazole rings is 1.